The summed E-state index contributed by atoms with van der Waals surface area (Å²) in [5.74, 6) is -2.93. The van der Waals surface area contributed by atoms with Gasteiger partial charge in [0.25, 0.3) is 0 Å². The fraction of sp³-hybridized carbons (Fsp3) is 0.273. The summed E-state index contributed by atoms with van der Waals surface area (Å²) in [6.07, 6.45) is 0. The number of rotatable bonds is 5. The van der Waals surface area contributed by atoms with Gasteiger partial charge in [-0.3, -0.25) is 9.59 Å². The van der Waals surface area contributed by atoms with Crippen molar-refractivity contribution in [1.29, 1.82) is 0 Å². The summed E-state index contributed by atoms with van der Waals surface area (Å²) in [6, 6.07) is 6.39. The third kappa shape index (κ3) is 4.58. The van der Waals surface area contributed by atoms with Gasteiger partial charge < -0.3 is 4.74 Å². The van der Waals surface area contributed by atoms with Gasteiger partial charge in [0.05, 0.1) is 7.11 Å². The van der Waals surface area contributed by atoms with Crippen molar-refractivity contribution in [3.05, 3.63) is 34.3 Å². The van der Waals surface area contributed by atoms with E-state index in [9.17, 15) is 18.0 Å². The minimum absolute atomic E-state index is 0.276. The average Bonchev–Trinajstić information content (AvgIpc) is 2.27. The van der Waals surface area contributed by atoms with Gasteiger partial charge in [-0.1, -0.05) is 28.1 Å². The molecule has 0 aliphatic heterocycles. The van der Waals surface area contributed by atoms with Crippen molar-refractivity contribution in [2.24, 2.45) is 0 Å². The number of carbonyl (C=O) groups excluding carboxylic acids is 2. The maximum Gasteiger partial charge on any atom is 0.320 e. The maximum atomic E-state index is 11.7. The van der Waals surface area contributed by atoms with E-state index in [4.69, 9.17) is 0 Å². The quantitative estimate of drug-likeness (QED) is 0.597. The molecule has 7 heteroatoms. The Hall–Kier alpha value is -1.21. The zero-order valence-electron chi connectivity index (χ0n) is 9.55. The SMILES string of the molecule is COC(=O)CS(=O)(=O)CC(=O)c1cccc(Br)c1. The van der Waals surface area contributed by atoms with Crippen LogP contribution in [0.5, 0.6) is 0 Å². The van der Waals surface area contributed by atoms with Crippen molar-refractivity contribution in [3.63, 3.8) is 0 Å². The minimum atomic E-state index is -3.79. The fourth-order valence-electron chi connectivity index (χ4n) is 1.23. The molecule has 0 bridgehead atoms. The molecule has 0 radical (unpaired) electrons. The Morgan fingerprint density at radius 3 is 2.50 bits per heavy atom. The molecule has 5 nitrogen and oxygen atoms in total. The average molecular weight is 335 g/mol. The summed E-state index contributed by atoms with van der Waals surface area (Å²) >= 11 is 3.19. The largest absolute Gasteiger partial charge is 0.468 e. The molecule has 1 rings (SSSR count). The number of halogens is 1. The lowest BCUT2D eigenvalue weighted by Gasteiger charge is -2.03. The van der Waals surface area contributed by atoms with Crippen molar-refractivity contribution < 1.29 is 22.7 Å². The molecule has 98 valence electrons. The molecule has 0 saturated carbocycles. The van der Waals surface area contributed by atoms with Crippen LogP contribution in [0.1, 0.15) is 10.4 Å². The summed E-state index contributed by atoms with van der Waals surface area (Å²) in [5, 5.41) is 0. The topological polar surface area (TPSA) is 77.5 Å². The van der Waals surface area contributed by atoms with Crippen molar-refractivity contribution in [3.8, 4) is 0 Å². The van der Waals surface area contributed by atoms with Crippen LogP contribution in [0.25, 0.3) is 0 Å². The molecule has 1 aromatic carbocycles. The lowest BCUT2D eigenvalue weighted by atomic mass is 10.2. The molecule has 0 fully saturated rings. The van der Waals surface area contributed by atoms with Crippen molar-refractivity contribution in [1.82, 2.24) is 0 Å². The fourth-order valence-corrected chi connectivity index (χ4v) is 2.78. The predicted molar refractivity (Wildman–Crippen MR) is 69.1 cm³/mol. The van der Waals surface area contributed by atoms with Crippen molar-refractivity contribution in [2.45, 2.75) is 0 Å². The monoisotopic (exact) mass is 334 g/mol. The third-order valence-electron chi connectivity index (χ3n) is 2.06. The van der Waals surface area contributed by atoms with Gasteiger partial charge in [0, 0.05) is 10.0 Å². The van der Waals surface area contributed by atoms with Gasteiger partial charge in [0.2, 0.25) is 0 Å². The number of carbonyl (C=O) groups is 2. The number of ketones is 1. The Kier molecular flexibility index (Phi) is 5.03. The Balaban J connectivity index is 2.79. The smallest absolute Gasteiger partial charge is 0.320 e. The van der Waals surface area contributed by atoms with Crippen LogP contribution in [0.15, 0.2) is 28.7 Å². The highest BCUT2D eigenvalue weighted by Crippen LogP contribution is 2.12. The zero-order valence-corrected chi connectivity index (χ0v) is 12.0. The molecule has 0 heterocycles. The molecule has 0 amide bonds. The first kappa shape index (κ1) is 14.8. The van der Waals surface area contributed by atoms with E-state index in [1.165, 1.54) is 12.1 Å². The second kappa shape index (κ2) is 6.10. The van der Waals surface area contributed by atoms with Gasteiger partial charge >= 0.3 is 5.97 Å². The van der Waals surface area contributed by atoms with E-state index in [2.05, 4.69) is 20.7 Å². The van der Waals surface area contributed by atoms with E-state index in [1.807, 2.05) is 0 Å². The first-order chi connectivity index (χ1) is 8.34. The van der Waals surface area contributed by atoms with E-state index in [1.54, 1.807) is 12.1 Å². The van der Waals surface area contributed by atoms with E-state index in [-0.39, 0.29) is 5.56 Å². The van der Waals surface area contributed by atoms with Gasteiger partial charge in [-0.25, -0.2) is 8.42 Å². The molecule has 0 aliphatic carbocycles. The van der Waals surface area contributed by atoms with E-state index in [0.29, 0.717) is 4.47 Å². The summed E-state index contributed by atoms with van der Waals surface area (Å²) in [4.78, 5) is 22.6. The Bertz CT molecular complexity index is 565. The summed E-state index contributed by atoms with van der Waals surface area (Å²) in [7, 11) is -2.70. The van der Waals surface area contributed by atoms with Crippen molar-refractivity contribution in [2.75, 3.05) is 18.6 Å². The standard InChI is InChI=1S/C11H11BrO5S/c1-17-11(14)7-18(15,16)6-10(13)8-3-2-4-9(12)5-8/h2-5H,6-7H2,1H3. The first-order valence-corrected chi connectivity index (χ1v) is 7.51. The summed E-state index contributed by atoms with van der Waals surface area (Å²) < 4.78 is 28.0. The Morgan fingerprint density at radius 1 is 1.28 bits per heavy atom. The van der Waals surface area contributed by atoms with Crippen LogP contribution in [0.3, 0.4) is 0 Å². The number of ether oxygens (including phenoxy) is 1. The molecular weight excluding hydrogens is 324 g/mol. The number of methoxy groups -OCH3 is 1. The molecule has 0 spiro atoms. The molecule has 0 aromatic heterocycles. The summed E-state index contributed by atoms with van der Waals surface area (Å²) in [5.41, 5.74) is 0.276. The maximum absolute atomic E-state index is 11.7. The number of sulfone groups is 1. The number of hydrogen-bond acceptors (Lipinski definition) is 5. The summed E-state index contributed by atoms with van der Waals surface area (Å²) in [6.45, 7) is 0. The molecule has 1 aromatic rings. The van der Waals surface area contributed by atoms with Crippen LogP contribution in [0, 0.1) is 0 Å². The molecular formula is C11H11BrO5S. The van der Waals surface area contributed by atoms with Gasteiger partial charge in [-0.2, -0.15) is 0 Å². The number of Topliss-reactive ketones (excluding diaryl/α,β-unsaturated/α-hetero) is 1. The highest BCUT2D eigenvalue weighted by molar-refractivity contribution is 9.10. The zero-order chi connectivity index (χ0) is 13.8. The molecule has 0 aliphatic rings. The van der Waals surface area contributed by atoms with Crippen LogP contribution in [0.4, 0.5) is 0 Å². The van der Waals surface area contributed by atoms with E-state index >= 15 is 0 Å². The van der Waals surface area contributed by atoms with Crippen LogP contribution >= 0.6 is 15.9 Å². The molecule has 0 atom stereocenters. The molecule has 0 N–H and O–H groups in total. The van der Waals surface area contributed by atoms with Gasteiger partial charge in [0.15, 0.2) is 15.6 Å². The van der Waals surface area contributed by atoms with Crippen LogP contribution in [-0.2, 0) is 19.4 Å². The second-order valence-electron chi connectivity index (χ2n) is 3.54. The van der Waals surface area contributed by atoms with Crippen LogP contribution in [-0.4, -0.2) is 38.8 Å². The van der Waals surface area contributed by atoms with Gasteiger partial charge in [0.1, 0.15) is 11.5 Å². The second-order valence-corrected chi connectivity index (χ2v) is 6.52. The number of esters is 1. The lowest BCUT2D eigenvalue weighted by Crippen LogP contribution is -2.24. The highest BCUT2D eigenvalue weighted by Gasteiger charge is 2.22. The first-order valence-electron chi connectivity index (χ1n) is 4.90. The van der Waals surface area contributed by atoms with Crippen molar-refractivity contribution >= 4 is 37.5 Å². The van der Waals surface area contributed by atoms with Crippen LogP contribution < -0.4 is 0 Å². The molecule has 0 saturated heterocycles. The predicted octanol–water partition coefficient (Wildman–Crippen LogP) is 1.22. The lowest BCUT2D eigenvalue weighted by molar-refractivity contribution is -0.137. The van der Waals surface area contributed by atoms with Gasteiger partial charge in [-0.05, 0) is 12.1 Å². The van der Waals surface area contributed by atoms with E-state index in [0.717, 1.165) is 7.11 Å². The normalized spacial score (nSPS) is 11.0. The molecule has 18 heavy (non-hydrogen) atoms. The third-order valence-corrected chi connectivity index (χ3v) is 3.93. The highest BCUT2D eigenvalue weighted by atomic mass is 79.9. The minimum Gasteiger partial charge on any atom is -0.468 e. The number of benzene rings is 1. The Labute approximate surface area is 113 Å². The van der Waals surface area contributed by atoms with Crippen LogP contribution in [0.2, 0.25) is 0 Å². The molecule has 0 unspecified atom stereocenters. The van der Waals surface area contributed by atoms with E-state index < -0.39 is 33.1 Å². The Morgan fingerprint density at radius 2 is 1.94 bits per heavy atom. The number of hydrogen-bond donors (Lipinski definition) is 0. The van der Waals surface area contributed by atoms with Gasteiger partial charge in [-0.15, -0.1) is 0 Å².